The molecule has 0 aliphatic carbocycles. The molecule has 1 aromatic rings. The second-order valence-corrected chi connectivity index (χ2v) is 4.43. The number of Topliss-reactive ketones (excluding diaryl/α,β-unsaturated/α-hetero) is 1. The maximum absolute atomic E-state index is 12.1. The molecule has 2 amide bonds. The zero-order valence-corrected chi connectivity index (χ0v) is 11.3. The van der Waals surface area contributed by atoms with Crippen LogP contribution in [0.2, 0.25) is 0 Å². The van der Waals surface area contributed by atoms with E-state index < -0.39 is 17.6 Å². The van der Waals surface area contributed by atoms with Crippen LogP contribution in [0.4, 0.5) is 0 Å². The van der Waals surface area contributed by atoms with Crippen molar-refractivity contribution >= 4 is 30.0 Å². The Morgan fingerprint density at radius 3 is 2.52 bits per heavy atom. The van der Waals surface area contributed by atoms with E-state index in [1.165, 1.54) is 6.08 Å². The number of ketones is 1. The second-order valence-electron chi connectivity index (χ2n) is 4.43. The third-order valence-corrected chi connectivity index (χ3v) is 3.03. The zero-order valence-electron chi connectivity index (χ0n) is 11.3. The lowest BCUT2D eigenvalue weighted by atomic mass is 10.2. The van der Waals surface area contributed by atoms with Gasteiger partial charge in [-0.25, -0.2) is 10.0 Å². The fourth-order valence-corrected chi connectivity index (χ4v) is 1.99. The quantitative estimate of drug-likeness (QED) is 0.447. The molecule has 0 atom stereocenters. The Hall–Kier alpha value is -2.76. The topological polar surface area (TPSA) is 74.8 Å². The van der Waals surface area contributed by atoms with E-state index in [0.29, 0.717) is 6.29 Å². The Kier molecular flexibility index (Phi) is 4.61. The van der Waals surface area contributed by atoms with Gasteiger partial charge in [0, 0.05) is 12.5 Å². The minimum atomic E-state index is -0.752. The van der Waals surface area contributed by atoms with Gasteiger partial charge in [-0.3, -0.25) is 14.4 Å². The Bertz CT molecular complexity index is 595. The number of nitrogens with zero attached hydrogens (tertiary/aromatic N) is 2. The standard InChI is InChI=1S/C15H14N2O4/c18-11-10-16(17-9-8-13(19)15(17)21)14(20)7-6-12-4-2-1-3-5-12/h1-7,11H,8-10H2/b7-6+. The van der Waals surface area contributed by atoms with Crippen LogP contribution >= 0.6 is 0 Å². The van der Waals surface area contributed by atoms with E-state index in [9.17, 15) is 19.2 Å². The minimum Gasteiger partial charge on any atom is -0.301 e. The summed E-state index contributed by atoms with van der Waals surface area (Å²) in [5.41, 5.74) is 0.820. The van der Waals surface area contributed by atoms with Crippen LogP contribution in [0.25, 0.3) is 6.08 Å². The van der Waals surface area contributed by atoms with E-state index in [1.54, 1.807) is 6.08 Å². The molecule has 108 valence electrons. The highest BCUT2D eigenvalue weighted by atomic mass is 16.2. The number of carbonyl (C=O) groups excluding carboxylic acids is 4. The van der Waals surface area contributed by atoms with Gasteiger partial charge in [0.2, 0.25) is 5.78 Å². The van der Waals surface area contributed by atoms with Gasteiger partial charge < -0.3 is 4.79 Å². The van der Waals surface area contributed by atoms with Gasteiger partial charge >= 0.3 is 5.91 Å². The first-order chi connectivity index (χ1) is 10.1. The lowest BCUT2D eigenvalue weighted by Gasteiger charge is -2.28. The summed E-state index contributed by atoms with van der Waals surface area (Å²) in [4.78, 5) is 45.7. The number of benzene rings is 1. The summed E-state index contributed by atoms with van der Waals surface area (Å²) >= 11 is 0. The number of hydrogen-bond donors (Lipinski definition) is 0. The summed E-state index contributed by atoms with van der Waals surface area (Å²) in [6.07, 6.45) is 3.44. The van der Waals surface area contributed by atoms with Crippen molar-refractivity contribution in [2.75, 3.05) is 13.1 Å². The highest BCUT2D eigenvalue weighted by Crippen LogP contribution is 2.11. The first-order valence-electron chi connectivity index (χ1n) is 6.46. The maximum Gasteiger partial charge on any atom is 0.308 e. The van der Waals surface area contributed by atoms with E-state index in [4.69, 9.17) is 0 Å². The smallest absolute Gasteiger partial charge is 0.301 e. The summed E-state index contributed by atoms with van der Waals surface area (Å²) in [6, 6.07) is 9.15. The molecular formula is C15H14N2O4. The lowest BCUT2D eigenvalue weighted by molar-refractivity contribution is -0.159. The maximum atomic E-state index is 12.1. The molecule has 1 saturated heterocycles. The fraction of sp³-hybridized carbons (Fsp3) is 0.200. The SMILES string of the molecule is O=CCN(C(=O)/C=C/c1ccccc1)N1CCC(=O)C1=O. The van der Waals surface area contributed by atoms with Crippen LogP contribution in [0.5, 0.6) is 0 Å². The summed E-state index contributed by atoms with van der Waals surface area (Å²) in [5.74, 6) is -1.82. The molecule has 0 N–H and O–H groups in total. The highest BCUT2D eigenvalue weighted by molar-refractivity contribution is 6.38. The van der Waals surface area contributed by atoms with Crippen molar-refractivity contribution < 1.29 is 19.2 Å². The largest absolute Gasteiger partial charge is 0.308 e. The monoisotopic (exact) mass is 286 g/mol. The molecule has 0 bridgehead atoms. The van der Waals surface area contributed by atoms with Crippen LogP contribution in [0, 0.1) is 0 Å². The van der Waals surface area contributed by atoms with Gasteiger partial charge in [0.25, 0.3) is 5.91 Å². The molecule has 2 rings (SSSR count). The average molecular weight is 286 g/mol. The molecule has 0 saturated carbocycles. The van der Waals surface area contributed by atoms with E-state index in [1.807, 2.05) is 30.3 Å². The van der Waals surface area contributed by atoms with E-state index >= 15 is 0 Å². The van der Waals surface area contributed by atoms with Gasteiger partial charge in [0.1, 0.15) is 6.29 Å². The number of amides is 2. The summed E-state index contributed by atoms with van der Waals surface area (Å²) in [7, 11) is 0. The predicted molar refractivity (Wildman–Crippen MR) is 74.6 cm³/mol. The van der Waals surface area contributed by atoms with E-state index in [0.717, 1.165) is 15.6 Å². The predicted octanol–water partition coefficient (Wildman–Crippen LogP) is 0.444. The average Bonchev–Trinajstić information content (AvgIpc) is 2.83. The number of hydrazine groups is 1. The van der Waals surface area contributed by atoms with Gasteiger partial charge in [0.15, 0.2) is 0 Å². The molecular weight excluding hydrogens is 272 g/mol. The Balaban J connectivity index is 2.13. The van der Waals surface area contributed by atoms with Crippen molar-refractivity contribution in [1.82, 2.24) is 10.0 Å². The molecule has 0 unspecified atom stereocenters. The summed E-state index contributed by atoms with van der Waals surface area (Å²) < 4.78 is 0. The van der Waals surface area contributed by atoms with Crippen LogP contribution in [-0.4, -0.2) is 47.0 Å². The molecule has 1 heterocycles. The lowest BCUT2D eigenvalue weighted by Crippen LogP contribution is -2.48. The van der Waals surface area contributed by atoms with Gasteiger partial charge in [-0.15, -0.1) is 0 Å². The van der Waals surface area contributed by atoms with Gasteiger partial charge in [-0.2, -0.15) is 0 Å². The molecule has 0 aromatic heterocycles. The van der Waals surface area contributed by atoms with Gasteiger partial charge in [-0.05, 0) is 11.6 Å². The second kappa shape index (κ2) is 6.60. The summed E-state index contributed by atoms with van der Waals surface area (Å²) in [5, 5.41) is 2.01. The molecule has 6 heteroatoms. The molecule has 0 spiro atoms. The van der Waals surface area contributed by atoms with Gasteiger partial charge in [0.05, 0.1) is 13.1 Å². The molecule has 1 fully saturated rings. The number of hydrogen-bond acceptors (Lipinski definition) is 4. The molecule has 6 nitrogen and oxygen atoms in total. The van der Waals surface area contributed by atoms with Crippen molar-refractivity contribution in [2.45, 2.75) is 6.42 Å². The van der Waals surface area contributed by atoms with E-state index in [2.05, 4.69) is 0 Å². The van der Waals surface area contributed by atoms with E-state index in [-0.39, 0.29) is 19.5 Å². The fourth-order valence-electron chi connectivity index (χ4n) is 1.99. The van der Waals surface area contributed by atoms with Gasteiger partial charge in [-0.1, -0.05) is 30.3 Å². The third kappa shape index (κ3) is 3.42. The molecule has 1 aliphatic heterocycles. The minimum absolute atomic E-state index is 0.0594. The number of rotatable bonds is 5. The Labute approximate surface area is 121 Å². The molecule has 0 radical (unpaired) electrons. The molecule has 1 aliphatic rings. The normalized spacial score (nSPS) is 14.8. The Morgan fingerprint density at radius 1 is 1.24 bits per heavy atom. The van der Waals surface area contributed by atoms with Crippen LogP contribution in [0.3, 0.4) is 0 Å². The first-order valence-corrected chi connectivity index (χ1v) is 6.46. The molecule has 1 aromatic carbocycles. The van der Waals surface area contributed by atoms with Crippen molar-refractivity contribution in [1.29, 1.82) is 0 Å². The number of carbonyl (C=O) groups is 4. The van der Waals surface area contributed by atoms with Crippen LogP contribution < -0.4 is 0 Å². The van der Waals surface area contributed by atoms with Crippen molar-refractivity contribution in [3.8, 4) is 0 Å². The summed E-state index contributed by atoms with van der Waals surface area (Å²) in [6.45, 7) is -0.145. The third-order valence-electron chi connectivity index (χ3n) is 3.03. The van der Waals surface area contributed by atoms with Crippen molar-refractivity contribution in [3.63, 3.8) is 0 Å². The van der Waals surface area contributed by atoms with Crippen LogP contribution in [-0.2, 0) is 19.2 Å². The highest BCUT2D eigenvalue weighted by Gasteiger charge is 2.35. The zero-order chi connectivity index (χ0) is 15.2. The van der Waals surface area contributed by atoms with Crippen molar-refractivity contribution in [3.05, 3.63) is 42.0 Å². The van der Waals surface area contributed by atoms with Crippen LogP contribution in [0.15, 0.2) is 36.4 Å². The molecule has 21 heavy (non-hydrogen) atoms. The Morgan fingerprint density at radius 2 is 1.95 bits per heavy atom. The van der Waals surface area contributed by atoms with Crippen LogP contribution in [0.1, 0.15) is 12.0 Å². The number of aldehydes is 1. The first kappa shape index (κ1) is 14.6. The van der Waals surface area contributed by atoms with Crippen molar-refractivity contribution in [2.24, 2.45) is 0 Å².